The smallest absolute Gasteiger partial charge is 0.215 e. The quantitative estimate of drug-likeness (QED) is 0.346. The van der Waals surface area contributed by atoms with E-state index in [1.54, 1.807) is 13.0 Å². The lowest BCUT2D eigenvalue weighted by molar-refractivity contribution is 0.584. The van der Waals surface area contributed by atoms with Crippen molar-refractivity contribution in [3.63, 3.8) is 0 Å². The normalized spacial score (nSPS) is 9.50. The van der Waals surface area contributed by atoms with Crippen LogP contribution in [0.2, 0.25) is 0 Å². The van der Waals surface area contributed by atoms with E-state index in [0.29, 0.717) is 5.82 Å². The number of nitrogen functional groups attached to an aromatic ring is 1. The number of aryl methyl sites for hydroxylation is 1. The van der Waals surface area contributed by atoms with E-state index in [2.05, 4.69) is 10.4 Å². The van der Waals surface area contributed by atoms with Crippen LogP contribution in [-0.2, 0) is 0 Å². The second kappa shape index (κ2) is 2.62. The number of halogens is 1. The first kappa shape index (κ1) is 6.95. The molecule has 10 heavy (non-hydrogen) atoms. The summed E-state index contributed by atoms with van der Waals surface area (Å²) in [6.45, 7) is 1.77. The molecular formula is C6H8FN3. The minimum Gasteiger partial charge on any atom is -0.308 e. The maximum absolute atomic E-state index is 12.4. The van der Waals surface area contributed by atoms with Crippen LogP contribution in [0.25, 0.3) is 0 Å². The van der Waals surface area contributed by atoms with E-state index >= 15 is 0 Å². The molecule has 1 aromatic rings. The van der Waals surface area contributed by atoms with E-state index in [9.17, 15) is 4.39 Å². The summed E-state index contributed by atoms with van der Waals surface area (Å²) in [5.41, 5.74) is 3.05. The molecule has 0 atom stereocenters. The lowest BCUT2D eigenvalue weighted by atomic mass is 10.3. The Bertz CT molecular complexity index is 216. The zero-order valence-corrected chi connectivity index (χ0v) is 5.56. The fraction of sp³-hybridized carbons (Fsp3) is 0.167. The highest BCUT2D eigenvalue weighted by molar-refractivity contribution is 5.35. The fourth-order valence-electron chi connectivity index (χ4n) is 0.699. The maximum Gasteiger partial charge on any atom is 0.215 e. The summed E-state index contributed by atoms with van der Waals surface area (Å²) in [6, 6.07) is 2.99. The number of aromatic nitrogens is 1. The predicted molar refractivity (Wildman–Crippen MR) is 36.7 cm³/mol. The van der Waals surface area contributed by atoms with Gasteiger partial charge in [0, 0.05) is 0 Å². The second-order valence-electron chi connectivity index (χ2n) is 2.00. The van der Waals surface area contributed by atoms with Crippen LogP contribution < -0.4 is 11.3 Å². The Kier molecular flexibility index (Phi) is 1.82. The summed E-state index contributed by atoms with van der Waals surface area (Å²) in [4.78, 5) is 3.45. The van der Waals surface area contributed by atoms with Gasteiger partial charge in [-0.15, -0.1) is 0 Å². The highest BCUT2D eigenvalue weighted by atomic mass is 19.1. The fourth-order valence-corrected chi connectivity index (χ4v) is 0.699. The zero-order valence-electron chi connectivity index (χ0n) is 5.56. The van der Waals surface area contributed by atoms with E-state index in [-0.39, 0.29) is 0 Å². The minimum atomic E-state index is -0.520. The van der Waals surface area contributed by atoms with Gasteiger partial charge in [0.15, 0.2) is 0 Å². The minimum absolute atomic E-state index is 0.345. The molecule has 3 nitrogen and oxygen atoms in total. The molecule has 0 bridgehead atoms. The molecule has 1 rings (SSSR count). The van der Waals surface area contributed by atoms with Crippen molar-refractivity contribution in [1.29, 1.82) is 0 Å². The molecule has 0 radical (unpaired) electrons. The Morgan fingerprint density at radius 2 is 2.30 bits per heavy atom. The average molecular weight is 141 g/mol. The lowest BCUT2D eigenvalue weighted by Gasteiger charge is -1.98. The van der Waals surface area contributed by atoms with Gasteiger partial charge in [0.25, 0.3) is 0 Å². The van der Waals surface area contributed by atoms with Crippen LogP contribution in [0.4, 0.5) is 10.2 Å². The van der Waals surface area contributed by atoms with E-state index in [1.165, 1.54) is 6.07 Å². The summed E-state index contributed by atoms with van der Waals surface area (Å²) in [5.74, 6) is 4.83. The van der Waals surface area contributed by atoms with Gasteiger partial charge in [-0.05, 0) is 24.6 Å². The van der Waals surface area contributed by atoms with Gasteiger partial charge in [-0.3, -0.25) is 0 Å². The number of hydrogen-bond donors (Lipinski definition) is 2. The van der Waals surface area contributed by atoms with Crippen LogP contribution in [0.15, 0.2) is 12.1 Å². The summed E-state index contributed by atoms with van der Waals surface area (Å²) >= 11 is 0. The van der Waals surface area contributed by atoms with Crippen molar-refractivity contribution in [2.75, 3.05) is 5.43 Å². The number of hydrazine groups is 1. The van der Waals surface area contributed by atoms with Gasteiger partial charge in [0.1, 0.15) is 5.82 Å². The summed E-state index contributed by atoms with van der Waals surface area (Å²) < 4.78 is 12.4. The Hall–Kier alpha value is -1.16. The van der Waals surface area contributed by atoms with Gasteiger partial charge in [-0.2, -0.15) is 4.39 Å². The third-order valence-corrected chi connectivity index (χ3v) is 1.09. The van der Waals surface area contributed by atoms with E-state index < -0.39 is 5.95 Å². The van der Waals surface area contributed by atoms with Gasteiger partial charge in [0.2, 0.25) is 5.95 Å². The number of anilines is 1. The van der Waals surface area contributed by atoms with E-state index in [4.69, 9.17) is 5.84 Å². The highest BCUT2D eigenvalue weighted by Gasteiger charge is 1.95. The summed E-state index contributed by atoms with van der Waals surface area (Å²) in [7, 11) is 0. The average Bonchev–Trinajstić information content (AvgIpc) is 1.85. The van der Waals surface area contributed by atoms with E-state index in [1.807, 2.05) is 0 Å². The third kappa shape index (κ3) is 1.41. The number of rotatable bonds is 1. The number of pyridine rings is 1. The molecule has 1 aromatic heterocycles. The van der Waals surface area contributed by atoms with Crippen molar-refractivity contribution < 1.29 is 4.39 Å². The van der Waals surface area contributed by atoms with E-state index in [0.717, 1.165) is 5.56 Å². The van der Waals surface area contributed by atoms with Gasteiger partial charge in [0.05, 0.1) is 0 Å². The number of nitrogens with two attached hydrogens (primary N) is 1. The molecule has 0 aliphatic carbocycles. The maximum atomic E-state index is 12.4. The summed E-state index contributed by atoms with van der Waals surface area (Å²) in [6.07, 6.45) is 0. The van der Waals surface area contributed by atoms with Crippen LogP contribution in [0.3, 0.4) is 0 Å². The molecule has 0 aliphatic heterocycles. The monoisotopic (exact) mass is 141 g/mol. The van der Waals surface area contributed by atoms with Crippen molar-refractivity contribution >= 4 is 5.82 Å². The molecule has 4 heteroatoms. The predicted octanol–water partition coefficient (Wildman–Crippen LogP) is 0.815. The molecule has 0 amide bonds. The zero-order chi connectivity index (χ0) is 7.56. The first-order valence-electron chi connectivity index (χ1n) is 2.83. The van der Waals surface area contributed by atoms with Crippen molar-refractivity contribution in [2.24, 2.45) is 5.84 Å². The first-order valence-corrected chi connectivity index (χ1v) is 2.83. The molecule has 0 aromatic carbocycles. The molecule has 0 saturated carbocycles. The Morgan fingerprint density at radius 1 is 1.60 bits per heavy atom. The number of nitrogens with one attached hydrogen (secondary N) is 1. The van der Waals surface area contributed by atoms with Crippen molar-refractivity contribution in [3.05, 3.63) is 23.6 Å². The molecular weight excluding hydrogens is 133 g/mol. The molecule has 0 fully saturated rings. The Labute approximate surface area is 58.0 Å². The van der Waals surface area contributed by atoms with Gasteiger partial charge >= 0.3 is 0 Å². The second-order valence-corrected chi connectivity index (χ2v) is 2.00. The number of nitrogens with zero attached hydrogens (tertiary/aromatic N) is 1. The SMILES string of the molecule is Cc1cc(F)nc(NN)c1. The largest absolute Gasteiger partial charge is 0.308 e. The van der Waals surface area contributed by atoms with Crippen molar-refractivity contribution in [1.82, 2.24) is 4.98 Å². The summed E-state index contributed by atoms with van der Waals surface area (Å²) in [5, 5.41) is 0. The molecule has 0 spiro atoms. The van der Waals surface area contributed by atoms with Gasteiger partial charge < -0.3 is 5.43 Å². The van der Waals surface area contributed by atoms with Gasteiger partial charge in [-0.25, -0.2) is 10.8 Å². The molecule has 0 unspecified atom stereocenters. The molecule has 54 valence electrons. The first-order chi connectivity index (χ1) is 4.72. The third-order valence-electron chi connectivity index (χ3n) is 1.09. The van der Waals surface area contributed by atoms with Crippen LogP contribution >= 0.6 is 0 Å². The van der Waals surface area contributed by atoms with Crippen LogP contribution in [-0.4, -0.2) is 4.98 Å². The van der Waals surface area contributed by atoms with Crippen LogP contribution in [0, 0.1) is 12.9 Å². The standard InChI is InChI=1S/C6H8FN3/c1-4-2-5(7)9-6(3-4)10-8/h2-3H,8H2,1H3,(H,9,10). The highest BCUT2D eigenvalue weighted by Crippen LogP contribution is 2.06. The van der Waals surface area contributed by atoms with Crippen molar-refractivity contribution in [2.45, 2.75) is 6.92 Å². The lowest BCUT2D eigenvalue weighted by Crippen LogP contribution is -2.09. The van der Waals surface area contributed by atoms with Gasteiger partial charge in [-0.1, -0.05) is 0 Å². The molecule has 0 aliphatic rings. The topological polar surface area (TPSA) is 50.9 Å². The van der Waals surface area contributed by atoms with Crippen LogP contribution in [0.5, 0.6) is 0 Å². The molecule has 0 saturated heterocycles. The number of hydrogen-bond acceptors (Lipinski definition) is 3. The molecule has 1 heterocycles. The van der Waals surface area contributed by atoms with Crippen molar-refractivity contribution in [3.8, 4) is 0 Å². The Morgan fingerprint density at radius 3 is 2.80 bits per heavy atom. The Balaban J connectivity index is 3.06. The molecule has 3 N–H and O–H groups in total. The van der Waals surface area contributed by atoms with Crippen LogP contribution in [0.1, 0.15) is 5.56 Å².